The van der Waals surface area contributed by atoms with Crippen molar-refractivity contribution in [2.24, 2.45) is 5.73 Å². The van der Waals surface area contributed by atoms with Crippen LogP contribution >= 0.6 is 11.6 Å². The van der Waals surface area contributed by atoms with Crippen LogP contribution in [0.25, 0.3) is 0 Å². The first-order valence-corrected chi connectivity index (χ1v) is 7.57. The van der Waals surface area contributed by atoms with Crippen LogP contribution < -0.4 is 16.4 Å². The Morgan fingerprint density at radius 1 is 1.45 bits per heavy atom. The summed E-state index contributed by atoms with van der Waals surface area (Å²) in [5, 5.41) is 0.516. The zero-order valence-electron chi connectivity index (χ0n) is 11.9. The van der Waals surface area contributed by atoms with Crippen molar-refractivity contribution in [1.29, 1.82) is 0 Å². The first-order chi connectivity index (χ1) is 9.54. The van der Waals surface area contributed by atoms with Crippen LogP contribution in [0.3, 0.4) is 0 Å². The molecule has 1 amide bonds. The average molecular weight is 296 g/mol. The third-order valence-corrected chi connectivity index (χ3v) is 4.18. The lowest BCUT2D eigenvalue weighted by molar-refractivity contribution is 0.100. The number of benzene rings is 1. The van der Waals surface area contributed by atoms with Gasteiger partial charge in [-0.15, -0.1) is 0 Å². The maximum atomic E-state index is 11.7. The summed E-state index contributed by atoms with van der Waals surface area (Å²) < 4.78 is 0. The van der Waals surface area contributed by atoms with E-state index in [1.54, 1.807) is 12.1 Å². The molecule has 1 atom stereocenters. The van der Waals surface area contributed by atoms with E-state index in [4.69, 9.17) is 23.1 Å². The Balaban J connectivity index is 2.46. The number of hydrogen-bond donors (Lipinski definition) is 2. The summed E-state index contributed by atoms with van der Waals surface area (Å²) in [5.74, 6) is -0.477. The van der Waals surface area contributed by atoms with Gasteiger partial charge in [-0.1, -0.05) is 24.9 Å². The molecule has 1 aliphatic rings. The van der Waals surface area contributed by atoms with Gasteiger partial charge < -0.3 is 16.4 Å². The molecule has 0 aromatic heterocycles. The van der Waals surface area contributed by atoms with Gasteiger partial charge in [0, 0.05) is 18.3 Å². The van der Waals surface area contributed by atoms with E-state index < -0.39 is 5.91 Å². The van der Waals surface area contributed by atoms with E-state index in [9.17, 15) is 4.79 Å². The van der Waals surface area contributed by atoms with Crippen LogP contribution in [0.15, 0.2) is 12.1 Å². The summed E-state index contributed by atoms with van der Waals surface area (Å²) in [6, 6.07) is 3.75. The van der Waals surface area contributed by atoms with Gasteiger partial charge in [-0.25, -0.2) is 0 Å². The predicted molar refractivity (Wildman–Crippen MR) is 84.3 cm³/mol. The fourth-order valence-electron chi connectivity index (χ4n) is 3.03. The molecule has 4 N–H and O–H groups in total. The molecule has 1 saturated heterocycles. The summed E-state index contributed by atoms with van der Waals surface area (Å²) in [7, 11) is 0. The van der Waals surface area contributed by atoms with Gasteiger partial charge in [-0.2, -0.15) is 0 Å². The molecule has 0 saturated carbocycles. The molecule has 1 aromatic rings. The molecule has 0 spiro atoms. The second-order valence-electron chi connectivity index (χ2n) is 5.39. The maximum absolute atomic E-state index is 11.7. The SMILES string of the molecule is CCCC1CCCCN1c1c(Cl)cc(N)cc1C(N)=O. The smallest absolute Gasteiger partial charge is 0.250 e. The Morgan fingerprint density at radius 2 is 2.20 bits per heavy atom. The minimum atomic E-state index is -0.477. The van der Waals surface area contributed by atoms with Crippen molar-refractivity contribution in [2.45, 2.75) is 45.1 Å². The molecule has 1 heterocycles. The molecule has 1 unspecified atom stereocenters. The van der Waals surface area contributed by atoms with E-state index in [0.29, 0.717) is 22.3 Å². The molecule has 20 heavy (non-hydrogen) atoms. The fourth-order valence-corrected chi connectivity index (χ4v) is 3.36. The highest BCUT2D eigenvalue weighted by Gasteiger charge is 2.27. The summed E-state index contributed by atoms with van der Waals surface area (Å²) in [6.07, 6.45) is 5.67. The number of carbonyl (C=O) groups excluding carboxylic acids is 1. The van der Waals surface area contributed by atoms with Crippen LogP contribution in [0.2, 0.25) is 5.02 Å². The Labute approximate surface area is 125 Å². The number of primary amides is 1. The Morgan fingerprint density at radius 3 is 2.85 bits per heavy atom. The minimum absolute atomic E-state index is 0.424. The number of nitrogens with zero attached hydrogens (tertiary/aromatic N) is 1. The molecular formula is C15H22ClN3O. The molecule has 110 valence electrons. The summed E-state index contributed by atoms with van der Waals surface area (Å²) in [5.41, 5.74) is 12.9. The molecular weight excluding hydrogens is 274 g/mol. The Kier molecular flexibility index (Phi) is 4.76. The number of piperidine rings is 1. The van der Waals surface area contributed by atoms with E-state index in [1.165, 1.54) is 6.42 Å². The lowest BCUT2D eigenvalue weighted by atomic mass is 9.96. The largest absolute Gasteiger partial charge is 0.399 e. The number of nitrogens with two attached hydrogens (primary N) is 2. The first kappa shape index (κ1) is 15.0. The summed E-state index contributed by atoms with van der Waals surface area (Å²) in [4.78, 5) is 14.0. The van der Waals surface area contributed by atoms with Gasteiger partial charge in [0.15, 0.2) is 0 Å². The van der Waals surface area contributed by atoms with Crippen molar-refractivity contribution < 1.29 is 4.79 Å². The third-order valence-electron chi connectivity index (χ3n) is 3.89. The number of amides is 1. The van der Waals surface area contributed by atoms with Crippen molar-refractivity contribution in [2.75, 3.05) is 17.2 Å². The molecule has 0 radical (unpaired) electrons. The highest BCUT2D eigenvalue weighted by Crippen LogP contribution is 2.37. The number of carbonyl (C=O) groups is 1. The standard InChI is InChI=1S/C15H22ClN3O/c1-2-5-11-6-3-4-7-19(11)14-12(15(18)20)8-10(17)9-13(14)16/h8-9,11H,2-7,17H2,1H3,(H2,18,20). The van der Waals surface area contributed by atoms with Gasteiger partial charge in [-0.05, 0) is 37.8 Å². The fraction of sp³-hybridized carbons (Fsp3) is 0.533. The van der Waals surface area contributed by atoms with E-state index in [0.717, 1.165) is 37.9 Å². The van der Waals surface area contributed by atoms with Gasteiger partial charge in [0.05, 0.1) is 16.3 Å². The van der Waals surface area contributed by atoms with E-state index in [1.807, 2.05) is 0 Å². The molecule has 1 aliphatic heterocycles. The Hall–Kier alpha value is -1.42. The van der Waals surface area contributed by atoms with Crippen LogP contribution in [-0.2, 0) is 0 Å². The monoisotopic (exact) mass is 295 g/mol. The van der Waals surface area contributed by atoms with Crippen LogP contribution in [0, 0.1) is 0 Å². The van der Waals surface area contributed by atoms with E-state index in [-0.39, 0.29) is 0 Å². The molecule has 0 aliphatic carbocycles. The number of halogens is 1. The zero-order valence-corrected chi connectivity index (χ0v) is 12.6. The molecule has 4 nitrogen and oxygen atoms in total. The molecule has 0 bridgehead atoms. The summed E-state index contributed by atoms with van der Waals surface area (Å²) >= 11 is 6.35. The van der Waals surface area contributed by atoms with Crippen molar-refractivity contribution in [3.63, 3.8) is 0 Å². The number of rotatable bonds is 4. The van der Waals surface area contributed by atoms with Crippen molar-refractivity contribution in [3.05, 3.63) is 22.7 Å². The van der Waals surface area contributed by atoms with Crippen LogP contribution in [-0.4, -0.2) is 18.5 Å². The lowest BCUT2D eigenvalue weighted by Crippen LogP contribution is -2.40. The molecule has 1 aromatic carbocycles. The minimum Gasteiger partial charge on any atom is -0.399 e. The number of nitrogen functional groups attached to an aromatic ring is 1. The van der Waals surface area contributed by atoms with Crippen molar-refractivity contribution in [1.82, 2.24) is 0 Å². The first-order valence-electron chi connectivity index (χ1n) is 7.20. The van der Waals surface area contributed by atoms with E-state index in [2.05, 4.69) is 11.8 Å². The van der Waals surface area contributed by atoms with Crippen molar-refractivity contribution >= 4 is 28.9 Å². The number of hydrogen-bond acceptors (Lipinski definition) is 3. The van der Waals surface area contributed by atoms with Crippen LogP contribution in [0.4, 0.5) is 11.4 Å². The average Bonchev–Trinajstić information content (AvgIpc) is 2.39. The second-order valence-corrected chi connectivity index (χ2v) is 5.80. The van der Waals surface area contributed by atoms with Gasteiger partial charge in [0.25, 0.3) is 5.91 Å². The van der Waals surface area contributed by atoms with Gasteiger partial charge in [-0.3, -0.25) is 4.79 Å². The summed E-state index contributed by atoms with van der Waals surface area (Å²) in [6.45, 7) is 3.08. The van der Waals surface area contributed by atoms with Crippen LogP contribution in [0.5, 0.6) is 0 Å². The number of anilines is 2. The molecule has 5 heteroatoms. The second kappa shape index (κ2) is 6.35. The molecule has 1 fully saturated rings. The normalized spacial score (nSPS) is 19.1. The third kappa shape index (κ3) is 3.01. The van der Waals surface area contributed by atoms with Gasteiger partial charge in [0.1, 0.15) is 0 Å². The molecule has 2 rings (SSSR count). The van der Waals surface area contributed by atoms with Gasteiger partial charge in [0.2, 0.25) is 0 Å². The Bertz CT molecular complexity index is 502. The zero-order chi connectivity index (χ0) is 14.7. The maximum Gasteiger partial charge on any atom is 0.250 e. The highest BCUT2D eigenvalue weighted by molar-refractivity contribution is 6.34. The topological polar surface area (TPSA) is 72.3 Å². The van der Waals surface area contributed by atoms with E-state index >= 15 is 0 Å². The van der Waals surface area contributed by atoms with Crippen molar-refractivity contribution in [3.8, 4) is 0 Å². The van der Waals surface area contributed by atoms with Gasteiger partial charge >= 0.3 is 0 Å². The highest BCUT2D eigenvalue weighted by atomic mass is 35.5. The van der Waals surface area contributed by atoms with Crippen LogP contribution in [0.1, 0.15) is 49.4 Å². The lowest BCUT2D eigenvalue weighted by Gasteiger charge is -2.39. The quantitative estimate of drug-likeness (QED) is 0.838. The predicted octanol–water partition coefficient (Wildman–Crippen LogP) is 3.18.